The van der Waals surface area contributed by atoms with Gasteiger partial charge in [0.1, 0.15) is 0 Å². The van der Waals surface area contributed by atoms with E-state index >= 15 is 0 Å². The maximum atomic E-state index is 10.6. The van der Waals surface area contributed by atoms with Gasteiger partial charge in [-0.05, 0) is 12.5 Å². The van der Waals surface area contributed by atoms with Crippen LogP contribution < -0.4 is 5.43 Å². The van der Waals surface area contributed by atoms with Gasteiger partial charge in [0, 0.05) is 0 Å². The van der Waals surface area contributed by atoms with Crippen molar-refractivity contribution in [3.8, 4) is 0 Å². The Labute approximate surface area is 82.6 Å². The Bertz CT molecular complexity index is 348. The molecule has 1 rings (SSSR count). The Kier molecular flexibility index (Phi) is 3.67. The molecule has 0 saturated carbocycles. The molecule has 1 N–H and O–H groups in total. The zero-order chi connectivity index (χ0) is 10.4. The molecule has 0 fully saturated rings. The van der Waals surface area contributed by atoms with Crippen molar-refractivity contribution in [2.75, 3.05) is 7.11 Å². The predicted molar refractivity (Wildman–Crippen MR) is 54.3 cm³/mol. The lowest BCUT2D eigenvalue weighted by Crippen LogP contribution is -2.16. The van der Waals surface area contributed by atoms with E-state index < -0.39 is 6.09 Å². The van der Waals surface area contributed by atoms with E-state index in [9.17, 15) is 4.79 Å². The minimum atomic E-state index is -0.575. The fourth-order valence-electron chi connectivity index (χ4n) is 0.956. The molecule has 0 aliphatic heterocycles. The molecule has 0 aliphatic carbocycles. The third-order valence-electron chi connectivity index (χ3n) is 1.60. The summed E-state index contributed by atoms with van der Waals surface area (Å²) in [4.78, 5) is 10.6. The second-order valence-corrected chi connectivity index (χ2v) is 2.78. The molecule has 0 saturated heterocycles. The average molecular weight is 192 g/mol. The van der Waals surface area contributed by atoms with Crippen molar-refractivity contribution < 1.29 is 9.53 Å². The molecule has 0 radical (unpaired) electrons. The summed E-state index contributed by atoms with van der Waals surface area (Å²) in [6, 6.07) is 7.78. The van der Waals surface area contributed by atoms with Gasteiger partial charge in [0.25, 0.3) is 0 Å². The minimum absolute atomic E-state index is 0.575. The lowest BCUT2D eigenvalue weighted by molar-refractivity contribution is 0.171. The van der Waals surface area contributed by atoms with Gasteiger partial charge in [-0.3, -0.25) is 0 Å². The molecule has 1 amide bonds. The standard InChI is InChI=1S/C10H12N2O2/c1-8-4-3-5-9(6-8)7-11-12-10(13)14-2/h3-7H,1-2H3,(H,12,13)/b11-7+. The van der Waals surface area contributed by atoms with E-state index in [0.717, 1.165) is 11.1 Å². The molecule has 0 bridgehead atoms. The minimum Gasteiger partial charge on any atom is -0.452 e. The summed E-state index contributed by atoms with van der Waals surface area (Å²) < 4.78 is 4.35. The first kappa shape index (κ1) is 10.2. The number of methoxy groups -OCH3 is 1. The van der Waals surface area contributed by atoms with Crippen molar-refractivity contribution in [3.05, 3.63) is 35.4 Å². The van der Waals surface area contributed by atoms with Gasteiger partial charge < -0.3 is 4.74 Å². The highest BCUT2D eigenvalue weighted by atomic mass is 16.5. The first-order valence-corrected chi connectivity index (χ1v) is 4.16. The number of nitrogens with one attached hydrogen (secondary N) is 1. The number of hydrogen-bond acceptors (Lipinski definition) is 3. The van der Waals surface area contributed by atoms with E-state index in [1.54, 1.807) is 6.21 Å². The maximum Gasteiger partial charge on any atom is 0.427 e. The molecular weight excluding hydrogens is 180 g/mol. The number of benzene rings is 1. The largest absolute Gasteiger partial charge is 0.452 e. The van der Waals surface area contributed by atoms with E-state index in [4.69, 9.17) is 0 Å². The summed E-state index contributed by atoms with van der Waals surface area (Å²) in [5.41, 5.74) is 4.29. The van der Waals surface area contributed by atoms with E-state index in [-0.39, 0.29) is 0 Å². The molecule has 0 unspecified atom stereocenters. The van der Waals surface area contributed by atoms with Gasteiger partial charge in [-0.25, -0.2) is 10.2 Å². The number of nitrogens with zero attached hydrogens (tertiary/aromatic N) is 1. The maximum absolute atomic E-state index is 10.6. The summed E-state index contributed by atoms with van der Waals surface area (Å²) in [7, 11) is 1.29. The van der Waals surface area contributed by atoms with E-state index in [0.29, 0.717) is 0 Å². The van der Waals surface area contributed by atoms with Crippen LogP contribution in [0.25, 0.3) is 0 Å². The number of carbonyl (C=O) groups excluding carboxylic acids is 1. The van der Waals surface area contributed by atoms with Crippen LogP contribution in [0.15, 0.2) is 29.4 Å². The second kappa shape index (κ2) is 5.01. The summed E-state index contributed by atoms with van der Waals surface area (Å²) >= 11 is 0. The molecule has 0 aromatic heterocycles. The Morgan fingerprint density at radius 2 is 2.36 bits per heavy atom. The van der Waals surface area contributed by atoms with Crippen molar-refractivity contribution in [2.24, 2.45) is 5.10 Å². The number of amides is 1. The quantitative estimate of drug-likeness (QED) is 0.572. The van der Waals surface area contributed by atoms with Gasteiger partial charge >= 0.3 is 6.09 Å². The Morgan fingerprint density at radius 3 is 3.00 bits per heavy atom. The van der Waals surface area contributed by atoms with Crippen LogP contribution in [0.2, 0.25) is 0 Å². The Morgan fingerprint density at radius 1 is 1.57 bits per heavy atom. The Hall–Kier alpha value is -1.84. The number of aryl methyl sites for hydroxylation is 1. The average Bonchev–Trinajstić information content (AvgIpc) is 2.17. The van der Waals surface area contributed by atoms with E-state index in [1.807, 2.05) is 31.2 Å². The highest BCUT2D eigenvalue weighted by molar-refractivity contribution is 5.80. The number of hydrogen-bond donors (Lipinski definition) is 1. The topological polar surface area (TPSA) is 50.7 Å². The zero-order valence-electron chi connectivity index (χ0n) is 8.15. The molecular formula is C10H12N2O2. The van der Waals surface area contributed by atoms with Gasteiger partial charge in [0.15, 0.2) is 0 Å². The van der Waals surface area contributed by atoms with Gasteiger partial charge in [-0.2, -0.15) is 5.10 Å². The SMILES string of the molecule is COC(=O)N/N=C/c1cccc(C)c1. The number of ether oxygens (including phenoxy) is 1. The van der Waals surface area contributed by atoms with Crippen LogP contribution in [-0.2, 0) is 4.74 Å². The second-order valence-electron chi connectivity index (χ2n) is 2.78. The molecule has 74 valence electrons. The summed E-state index contributed by atoms with van der Waals surface area (Å²) in [6.07, 6.45) is 0.984. The number of carbonyl (C=O) groups is 1. The van der Waals surface area contributed by atoms with Crippen molar-refractivity contribution in [2.45, 2.75) is 6.92 Å². The molecule has 4 nitrogen and oxygen atoms in total. The van der Waals surface area contributed by atoms with Crippen LogP contribution in [0.4, 0.5) is 4.79 Å². The van der Waals surface area contributed by atoms with Crippen LogP contribution in [0.5, 0.6) is 0 Å². The molecule has 0 aliphatic rings. The smallest absolute Gasteiger partial charge is 0.427 e. The van der Waals surface area contributed by atoms with Crippen LogP contribution in [0.1, 0.15) is 11.1 Å². The summed E-state index contributed by atoms with van der Waals surface area (Å²) in [5, 5.41) is 3.70. The summed E-state index contributed by atoms with van der Waals surface area (Å²) in [6.45, 7) is 1.99. The first-order valence-electron chi connectivity index (χ1n) is 4.16. The molecule has 0 spiro atoms. The third-order valence-corrected chi connectivity index (χ3v) is 1.60. The van der Waals surface area contributed by atoms with Crippen LogP contribution in [0, 0.1) is 6.92 Å². The van der Waals surface area contributed by atoms with E-state index in [1.165, 1.54) is 7.11 Å². The highest BCUT2D eigenvalue weighted by Crippen LogP contribution is 2.00. The van der Waals surface area contributed by atoms with Crippen molar-refractivity contribution in [1.29, 1.82) is 0 Å². The molecule has 1 aromatic rings. The molecule has 1 aromatic carbocycles. The van der Waals surface area contributed by atoms with Crippen LogP contribution in [-0.4, -0.2) is 19.4 Å². The van der Waals surface area contributed by atoms with Crippen molar-refractivity contribution in [3.63, 3.8) is 0 Å². The normalized spacial score (nSPS) is 10.1. The van der Waals surface area contributed by atoms with Crippen molar-refractivity contribution in [1.82, 2.24) is 5.43 Å². The van der Waals surface area contributed by atoms with Crippen molar-refractivity contribution >= 4 is 12.3 Å². The lowest BCUT2D eigenvalue weighted by Gasteiger charge is -1.96. The highest BCUT2D eigenvalue weighted by Gasteiger charge is 1.92. The van der Waals surface area contributed by atoms with E-state index in [2.05, 4.69) is 15.3 Å². The van der Waals surface area contributed by atoms with Gasteiger partial charge in [-0.15, -0.1) is 0 Å². The monoisotopic (exact) mass is 192 g/mol. The fraction of sp³-hybridized carbons (Fsp3) is 0.200. The zero-order valence-corrected chi connectivity index (χ0v) is 8.15. The van der Waals surface area contributed by atoms with Gasteiger partial charge in [0.05, 0.1) is 13.3 Å². The van der Waals surface area contributed by atoms with Gasteiger partial charge in [-0.1, -0.05) is 29.8 Å². The number of rotatable bonds is 2. The third kappa shape index (κ3) is 3.26. The lowest BCUT2D eigenvalue weighted by atomic mass is 10.2. The van der Waals surface area contributed by atoms with Crippen LogP contribution >= 0.6 is 0 Å². The molecule has 14 heavy (non-hydrogen) atoms. The molecule has 4 heteroatoms. The van der Waals surface area contributed by atoms with Gasteiger partial charge in [0.2, 0.25) is 0 Å². The predicted octanol–water partition coefficient (Wildman–Crippen LogP) is 1.68. The fourth-order valence-corrected chi connectivity index (χ4v) is 0.956. The molecule has 0 heterocycles. The van der Waals surface area contributed by atoms with Crippen LogP contribution in [0.3, 0.4) is 0 Å². The number of hydrazone groups is 1. The molecule has 0 atom stereocenters. The first-order chi connectivity index (χ1) is 6.72. The Balaban J connectivity index is 2.56. The summed E-state index contributed by atoms with van der Waals surface area (Å²) in [5.74, 6) is 0.